The highest BCUT2D eigenvalue weighted by Crippen LogP contribution is 2.37. The topological polar surface area (TPSA) is 72.8 Å². The zero-order valence-corrected chi connectivity index (χ0v) is 13.1. The monoisotopic (exact) mass is 298 g/mol. The predicted molar refractivity (Wildman–Crippen MR) is 76.9 cm³/mol. The minimum absolute atomic E-state index is 0.0651. The lowest BCUT2D eigenvalue weighted by molar-refractivity contribution is 0.00578. The van der Waals surface area contributed by atoms with Gasteiger partial charge in [-0.15, -0.1) is 0 Å². The van der Waals surface area contributed by atoms with Crippen LogP contribution in [0.4, 0.5) is 0 Å². The third-order valence-electron chi connectivity index (χ3n) is 3.94. The molecule has 2 rings (SSSR count). The van der Waals surface area contributed by atoms with Crippen LogP contribution in [-0.2, 0) is 19.1 Å². The van der Waals surface area contributed by atoms with E-state index in [9.17, 15) is 13.5 Å². The molecule has 0 unspecified atom stereocenters. The number of phenols is 1. The third kappa shape index (κ3) is 2.57. The Balaban J connectivity index is 2.37. The summed E-state index contributed by atoms with van der Waals surface area (Å²) in [5.74, 6) is -0.147. The molecule has 1 aliphatic rings. The summed E-state index contributed by atoms with van der Waals surface area (Å²) in [6, 6.07) is 4.18. The van der Waals surface area contributed by atoms with Crippen molar-refractivity contribution in [2.24, 2.45) is 0 Å². The van der Waals surface area contributed by atoms with E-state index < -0.39 is 28.2 Å². The van der Waals surface area contributed by atoms with Gasteiger partial charge in [0.1, 0.15) is 5.75 Å². The van der Waals surface area contributed by atoms with Crippen molar-refractivity contribution in [2.75, 3.05) is 6.26 Å². The molecule has 0 atom stereocenters. The average molecular weight is 298 g/mol. The molecule has 1 N–H and O–H groups in total. The van der Waals surface area contributed by atoms with E-state index in [2.05, 4.69) is 0 Å². The molecule has 1 heterocycles. The van der Waals surface area contributed by atoms with E-state index in [1.807, 2.05) is 27.7 Å². The van der Waals surface area contributed by atoms with Crippen molar-refractivity contribution in [3.63, 3.8) is 0 Å². The molecule has 0 bridgehead atoms. The largest absolute Gasteiger partial charge is 0.508 e. The minimum atomic E-state index is -3.35. The van der Waals surface area contributed by atoms with Crippen molar-refractivity contribution in [3.8, 4) is 5.75 Å². The molecule has 1 aliphatic heterocycles. The lowest BCUT2D eigenvalue weighted by Crippen LogP contribution is -2.41. The molecule has 1 fully saturated rings. The van der Waals surface area contributed by atoms with Gasteiger partial charge < -0.3 is 14.4 Å². The van der Waals surface area contributed by atoms with Gasteiger partial charge >= 0.3 is 7.12 Å². The van der Waals surface area contributed by atoms with Crippen LogP contribution in [0.15, 0.2) is 23.1 Å². The van der Waals surface area contributed by atoms with Crippen molar-refractivity contribution in [1.82, 2.24) is 0 Å². The van der Waals surface area contributed by atoms with E-state index in [1.165, 1.54) is 18.2 Å². The fourth-order valence-corrected chi connectivity index (χ4v) is 2.56. The maximum Gasteiger partial charge on any atom is 0.498 e. The Kier molecular flexibility index (Phi) is 3.44. The van der Waals surface area contributed by atoms with Crippen LogP contribution in [0, 0.1) is 0 Å². The van der Waals surface area contributed by atoms with Crippen molar-refractivity contribution in [3.05, 3.63) is 18.2 Å². The number of phenolic OH excluding ortho intramolecular Hbond substituents is 1. The lowest BCUT2D eigenvalue weighted by Gasteiger charge is -2.32. The molecule has 110 valence electrons. The zero-order chi connectivity index (χ0) is 15.3. The fourth-order valence-electron chi connectivity index (χ4n) is 1.92. The molecule has 1 aromatic carbocycles. The number of hydrogen-bond acceptors (Lipinski definition) is 5. The molecule has 0 spiro atoms. The van der Waals surface area contributed by atoms with Gasteiger partial charge in [-0.05, 0) is 39.8 Å². The van der Waals surface area contributed by atoms with Gasteiger partial charge in [-0.2, -0.15) is 0 Å². The first-order valence-corrected chi connectivity index (χ1v) is 8.22. The Labute approximate surface area is 120 Å². The quantitative estimate of drug-likeness (QED) is 0.828. The van der Waals surface area contributed by atoms with E-state index in [1.54, 1.807) is 0 Å². The second kappa shape index (κ2) is 4.48. The van der Waals surface area contributed by atoms with Gasteiger partial charge in [0.2, 0.25) is 0 Å². The van der Waals surface area contributed by atoms with E-state index in [-0.39, 0.29) is 10.6 Å². The Morgan fingerprint density at radius 1 is 1.10 bits per heavy atom. The van der Waals surface area contributed by atoms with E-state index in [0.717, 1.165) is 6.26 Å². The molecule has 1 saturated heterocycles. The first kappa shape index (κ1) is 15.3. The molecule has 0 aliphatic carbocycles. The van der Waals surface area contributed by atoms with Crippen molar-refractivity contribution in [2.45, 2.75) is 43.8 Å². The minimum Gasteiger partial charge on any atom is -0.508 e. The van der Waals surface area contributed by atoms with Crippen LogP contribution in [0.2, 0.25) is 0 Å². The van der Waals surface area contributed by atoms with Crippen LogP contribution < -0.4 is 5.46 Å². The molecule has 0 saturated carbocycles. The number of rotatable bonds is 2. The summed E-state index contributed by atoms with van der Waals surface area (Å²) in [5, 5.41) is 10.0. The van der Waals surface area contributed by atoms with Crippen molar-refractivity contribution >= 4 is 22.4 Å². The van der Waals surface area contributed by atoms with Gasteiger partial charge in [0.25, 0.3) is 0 Å². The van der Waals surface area contributed by atoms with Crippen LogP contribution in [0.3, 0.4) is 0 Å². The Morgan fingerprint density at radius 2 is 1.60 bits per heavy atom. The standard InChI is InChI=1S/C13H19BO5S/c1-12(2)13(3,4)19-14(18-12)10-7-6-9(8-11(10)15)20(5,16)17/h6-8,15H,1-5H3. The number of benzene rings is 1. The van der Waals surface area contributed by atoms with E-state index in [0.29, 0.717) is 5.46 Å². The lowest BCUT2D eigenvalue weighted by atomic mass is 9.78. The Hall–Kier alpha value is -1.05. The van der Waals surface area contributed by atoms with Crippen molar-refractivity contribution < 1.29 is 22.8 Å². The summed E-state index contributed by atoms with van der Waals surface area (Å²) in [6.07, 6.45) is 1.09. The number of sulfone groups is 1. The predicted octanol–water partition coefficient (Wildman–Crippen LogP) is 1.09. The van der Waals surface area contributed by atoms with Gasteiger partial charge in [0, 0.05) is 11.7 Å². The maximum atomic E-state index is 11.5. The van der Waals surface area contributed by atoms with Gasteiger partial charge in [0.05, 0.1) is 16.1 Å². The Bertz CT molecular complexity index is 620. The second-order valence-electron chi connectivity index (χ2n) is 6.08. The zero-order valence-electron chi connectivity index (χ0n) is 12.3. The van der Waals surface area contributed by atoms with Crippen LogP contribution >= 0.6 is 0 Å². The van der Waals surface area contributed by atoms with Crippen LogP contribution in [0.5, 0.6) is 5.75 Å². The first-order chi connectivity index (χ1) is 8.94. The number of aromatic hydroxyl groups is 1. The van der Waals surface area contributed by atoms with Gasteiger partial charge in [-0.25, -0.2) is 8.42 Å². The summed E-state index contributed by atoms with van der Waals surface area (Å²) >= 11 is 0. The third-order valence-corrected chi connectivity index (χ3v) is 5.05. The normalized spacial score (nSPS) is 21.1. The molecule has 0 aromatic heterocycles. The molecule has 1 aromatic rings. The molecule has 7 heteroatoms. The summed E-state index contributed by atoms with van der Waals surface area (Å²) in [6.45, 7) is 7.65. The molecule has 20 heavy (non-hydrogen) atoms. The summed E-state index contributed by atoms with van der Waals surface area (Å²) in [7, 11) is -4.07. The molecular weight excluding hydrogens is 279 g/mol. The fraction of sp³-hybridized carbons (Fsp3) is 0.538. The molecule has 0 radical (unpaired) electrons. The highest BCUT2D eigenvalue weighted by molar-refractivity contribution is 7.90. The highest BCUT2D eigenvalue weighted by Gasteiger charge is 2.52. The molecule has 5 nitrogen and oxygen atoms in total. The SMILES string of the molecule is CC1(C)OB(c2ccc(S(C)(=O)=O)cc2O)OC1(C)C. The second-order valence-corrected chi connectivity index (χ2v) is 8.10. The van der Waals surface area contributed by atoms with Gasteiger partial charge in [-0.1, -0.05) is 6.07 Å². The average Bonchev–Trinajstić information content (AvgIpc) is 2.46. The highest BCUT2D eigenvalue weighted by atomic mass is 32.2. The summed E-state index contributed by atoms with van der Waals surface area (Å²) in [5.41, 5.74) is -0.602. The van der Waals surface area contributed by atoms with Crippen molar-refractivity contribution in [1.29, 1.82) is 0 Å². The molecule has 0 amide bonds. The van der Waals surface area contributed by atoms with Crippen LogP contribution in [0.25, 0.3) is 0 Å². The maximum absolute atomic E-state index is 11.5. The summed E-state index contributed by atoms with van der Waals surface area (Å²) < 4.78 is 34.5. The summed E-state index contributed by atoms with van der Waals surface area (Å²) in [4.78, 5) is 0.0651. The van der Waals surface area contributed by atoms with E-state index in [4.69, 9.17) is 9.31 Å². The molecular formula is C13H19BO5S. The van der Waals surface area contributed by atoms with Crippen LogP contribution in [0.1, 0.15) is 27.7 Å². The van der Waals surface area contributed by atoms with Crippen LogP contribution in [-0.4, -0.2) is 38.1 Å². The van der Waals surface area contributed by atoms with Gasteiger partial charge in [-0.3, -0.25) is 0 Å². The number of hydrogen-bond donors (Lipinski definition) is 1. The Morgan fingerprint density at radius 3 is 2.00 bits per heavy atom. The smallest absolute Gasteiger partial charge is 0.498 e. The van der Waals surface area contributed by atoms with Gasteiger partial charge in [0.15, 0.2) is 9.84 Å². The van der Waals surface area contributed by atoms with E-state index >= 15 is 0 Å². The first-order valence-electron chi connectivity index (χ1n) is 6.33.